The molecule has 0 aliphatic rings. The fourth-order valence-corrected chi connectivity index (χ4v) is 3.88. The monoisotopic (exact) mass is 462 g/mol. The van der Waals surface area contributed by atoms with Crippen LogP contribution in [0.2, 0.25) is 0 Å². The van der Waals surface area contributed by atoms with Gasteiger partial charge in [-0.05, 0) is 48.9 Å². The molecule has 0 unspecified atom stereocenters. The maximum atomic E-state index is 13.3. The van der Waals surface area contributed by atoms with Crippen molar-refractivity contribution in [3.8, 4) is 5.69 Å². The highest BCUT2D eigenvalue weighted by molar-refractivity contribution is 9.10. The van der Waals surface area contributed by atoms with Gasteiger partial charge < -0.3 is 5.32 Å². The molecular weight excluding hydrogens is 443 g/mol. The van der Waals surface area contributed by atoms with Crippen LogP contribution in [0.4, 0.5) is 4.39 Å². The number of rotatable bonds is 8. The second-order valence-electron chi connectivity index (χ2n) is 6.11. The van der Waals surface area contributed by atoms with Gasteiger partial charge in [-0.1, -0.05) is 47.1 Å². The van der Waals surface area contributed by atoms with Crippen LogP contribution in [-0.4, -0.2) is 26.4 Å². The summed E-state index contributed by atoms with van der Waals surface area (Å²) in [5, 5.41) is 12.2. The molecule has 28 heavy (non-hydrogen) atoms. The second kappa shape index (κ2) is 9.84. The molecule has 1 amide bonds. The van der Waals surface area contributed by atoms with E-state index < -0.39 is 5.82 Å². The lowest BCUT2D eigenvalue weighted by atomic mass is 10.2. The topological polar surface area (TPSA) is 59.8 Å². The van der Waals surface area contributed by atoms with Crippen molar-refractivity contribution in [3.05, 3.63) is 70.2 Å². The van der Waals surface area contributed by atoms with Crippen molar-refractivity contribution in [2.24, 2.45) is 0 Å². The highest BCUT2D eigenvalue weighted by atomic mass is 79.9. The molecule has 0 saturated carbocycles. The summed E-state index contributed by atoms with van der Waals surface area (Å²) < 4.78 is 16.3. The normalized spacial score (nSPS) is 10.8. The standard InChI is InChI=1S/C20H20BrFN4OS/c1-2-3-11-28-20-25-24-18(26(20)17-9-7-15(21)8-10-17)13-23-19(27)14-5-4-6-16(22)12-14/h4-10,12H,2-3,11,13H2,1H3,(H,23,27). The molecule has 0 spiro atoms. The minimum Gasteiger partial charge on any atom is -0.345 e. The average Bonchev–Trinajstić information content (AvgIpc) is 3.10. The number of hydrogen-bond acceptors (Lipinski definition) is 4. The Morgan fingerprint density at radius 3 is 2.71 bits per heavy atom. The number of unbranched alkanes of at least 4 members (excludes halogenated alkanes) is 1. The van der Waals surface area contributed by atoms with Crippen LogP contribution in [0.15, 0.2) is 58.2 Å². The summed E-state index contributed by atoms with van der Waals surface area (Å²) in [4.78, 5) is 12.3. The fourth-order valence-electron chi connectivity index (χ4n) is 2.56. The largest absolute Gasteiger partial charge is 0.345 e. The quantitative estimate of drug-likeness (QED) is 0.378. The first-order valence-corrected chi connectivity index (χ1v) is 10.7. The van der Waals surface area contributed by atoms with Crippen molar-refractivity contribution < 1.29 is 9.18 Å². The highest BCUT2D eigenvalue weighted by Gasteiger charge is 2.16. The van der Waals surface area contributed by atoms with Crippen molar-refractivity contribution in [2.45, 2.75) is 31.5 Å². The summed E-state index contributed by atoms with van der Waals surface area (Å²) in [6.45, 7) is 2.33. The van der Waals surface area contributed by atoms with Crippen LogP contribution in [0, 0.1) is 5.82 Å². The van der Waals surface area contributed by atoms with E-state index in [1.807, 2.05) is 28.8 Å². The zero-order valence-electron chi connectivity index (χ0n) is 15.4. The Hall–Kier alpha value is -2.19. The number of benzene rings is 2. The molecular formula is C20H20BrFN4OS. The minimum absolute atomic E-state index is 0.187. The molecule has 0 radical (unpaired) electrons. The number of nitrogens with zero attached hydrogens (tertiary/aromatic N) is 3. The fraction of sp³-hybridized carbons (Fsp3) is 0.250. The number of aromatic nitrogens is 3. The van der Waals surface area contributed by atoms with Gasteiger partial charge in [-0.3, -0.25) is 9.36 Å². The number of hydrogen-bond donors (Lipinski definition) is 1. The summed E-state index contributed by atoms with van der Waals surface area (Å²) in [6, 6.07) is 13.4. The molecule has 0 aliphatic carbocycles. The van der Waals surface area contributed by atoms with Gasteiger partial charge in [-0.15, -0.1) is 10.2 Å². The Balaban J connectivity index is 1.81. The molecule has 3 rings (SSSR count). The number of amides is 1. The molecule has 0 fully saturated rings. The lowest BCUT2D eigenvalue weighted by Gasteiger charge is -2.11. The van der Waals surface area contributed by atoms with Gasteiger partial charge in [-0.25, -0.2) is 4.39 Å². The summed E-state index contributed by atoms with van der Waals surface area (Å²) in [6.07, 6.45) is 2.19. The molecule has 5 nitrogen and oxygen atoms in total. The maximum Gasteiger partial charge on any atom is 0.251 e. The van der Waals surface area contributed by atoms with E-state index >= 15 is 0 Å². The van der Waals surface area contributed by atoms with Gasteiger partial charge in [0.05, 0.1) is 6.54 Å². The third-order valence-electron chi connectivity index (χ3n) is 4.01. The van der Waals surface area contributed by atoms with Crippen molar-refractivity contribution in [1.82, 2.24) is 20.1 Å². The molecule has 0 aliphatic heterocycles. The molecule has 2 aromatic carbocycles. The van der Waals surface area contributed by atoms with Crippen LogP contribution >= 0.6 is 27.7 Å². The molecule has 1 aromatic heterocycles. The van der Waals surface area contributed by atoms with Crippen molar-refractivity contribution in [1.29, 1.82) is 0 Å². The summed E-state index contributed by atoms with van der Waals surface area (Å²) in [5.41, 5.74) is 1.19. The third kappa shape index (κ3) is 5.20. The second-order valence-corrected chi connectivity index (χ2v) is 8.08. The first-order valence-electron chi connectivity index (χ1n) is 8.95. The highest BCUT2D eigenvalue weighted by Crippen LogP contribution is 2.24. The van der Waals surface area contributed by atoms with E-state index in [9.17, 15) is 9.18 Å². The molecule has 1 N–H and O–H groups in total. The number of carbonyl (C=O) groups excluding carboxylic acids is 1. The van der Waals surface area contributed by atoms with Crippen LogP contribution in [0.3, 0.4) is 0 Å². The SMILES string of the molecule is CCCCSc1nnc(CNC(=O)c2cccc(F)c2)n1-c1ccc(Br)cc1. The number of thioether (sulfide) groups is 1. The zero-order chi connectivity index (χ0) is 19.9. The van der Waals surface area contributed by atoms with Gasteiger partial charge in [-0.2, -0.15) is 0 Å². The maximum absolute atomic E-state index is 13.3. The summed E-state index contributed by atoms with van der Waals surface area (Å²) >= 11 is 5.08. The minimum atomic E-state index is -0.444. The van der Waals surface area contributed by atoms with Crippen LogP contribution < -0.4 is 5.32 Å². The van der Waals surface area contributed by atoms with Crippen LogP contribution in [0.1, 0.15) is 35.9 Å². The first kappa shape index (κ1) is 20.5. The Bertz CT molecular complexity index is 946. The van der Waals surface area contributed by atoms with Gasteiger partial charge in [0, 0.05) is 21.5 Å². The lowest BCUT2D eigenvalue weighted by molar-refractivity contribution is 0.0949. The van der Waals surface area contributed by atoms with Gasteiger partial charge in [0.2, 0.25) is 0 Å². The molecule has 0 bridgehead atoms. The number of carbonyl (C=O) groups is 1. The first-order chi connectivity index (χ1) is 13.6. The van der Waals surface area contributed by atoms with Crippen molar-refractivity contribution in [3.63, 3.8) is 0 Å². The lowest BCUT2D eigenvalue weighted by Crippen LogP contribution is -2.24. The van der Waals surface area contributed by atoms with E-state index in [0.717, 1.165) is 33.9 Å². The Morgan fingerprint density at radius 1 is 1.21 bits per heavy atom. The van der Waals surface area contributed by atoms with Gasteiger partial charge in [0.15, 0.2) is 11.0 Å². The zero-order valence-corrected chi connectivity index (χ0v) is 17.8. The summed E-state index contributed by atoms with van der Waals surface area (Å²) in [7, 11) is 0. The summed E-state index contributed by atoms with van der Waals surface area (Å²) in [5.74, 6) is 0.761. The predicted octanol–water partition coefficient (Wildman–Crippen LogP) is 4.99. The van der Waals surface area contributed by atoms with E-state index in [0.29, 0.717) is 5.82 Å². The third-order valence-corrected chi connectivity index (χ3v) is 5.55. The molecule has 0 atom stereocenters. The molecule has 0 saturated heterocycles. The number of halogens is 2. The van der Waals surface area contributed by atoms with E-state index in [4.69, 9.17) is 0 Å². The molecule has 3 aromatic rings. The predicted molar refractivity (Wildman–Crippen MR) is 112 cm³/mol. The molecule has 1 heterocycles. The van der Waals surface area contributed by atoms with E-state index in [2.05, 4.69) is 38.4 Å². The Labute approximate surface area is 175 Å². The van der Waals surface area contributed by atoms with E-state index in [-0.39, 0.29) is 18.0 Å². The smallest absolute Gasteiger partial charge is 0.251 e. The van der Waals surface area contributed by atoms with Crippen LogP contribution in [-0.2, 0) is 6.54 Å². The van der Waals surface area contributed by atoms with Gasteiger partial charge >= 0.3 is 0 Å². The van der Waals surface area contributed by atoms with Crippen molar-refractivity contribution >= 4 is 33.6 Å². The molecule has 8 heteroatoms. The Kier molecular flexibility index (Phi) is 7.22. The Morgan fingerprint density at radius 2 is 2.00 bits per heavy atom. The van der Waals surface area contributed by atoms with Gasteiger partial charge in [0.25, 0.3) is 5.91 Å². The van der Waals surface area contributed by atoms with Crippen LogP contribution in [0.5, 0.6) is 0 Å². The van der Waals surface area contributed by atoms with Crippen LogP contribution in [0.25, 0.3) is 5.69 Å². The van der Waals surface area contributed by atoms with Crippen molar-refractivity contribution in [2.75, 3.05) is 5.75 Å². The molecule has 146 valence electrons. The van der Waals surface area contributed by atoms with Gasteiger partial charge in [0.1, 0.15) is 5.82 Å². The van der Waals surface area contributed by atoms with E-state index in [1.165, 1.54) is 18.2 Å². The number of nitrogens with one attached hydrogen (secondary N) is 1. The average molecular weight is 463 g/mol. The van der Waals surface area contributed by atoms with E-state index in [1.54, 1.807) is 17.8 Å².